The summed E-state index contributed by atoms with van der Waals surface area (Å²) in [5.74, 6) is -0.797. The maximum absolute atomic E-state index is 13.9. The lowest BCUT2D eigenvalue weighted by atomic mass is 9.95. The van der Waals surface area contributed by atoms with Crippen LogP contribution in [0.25, 0.3) is 0 Å². The number of hydrogen-bond donors (Lipinski definition) is 1. The molecule has 1 N–H and O–H groups in total. The Kier molecular flexibility index (Phi) is 6.12. The van der Waals surface area contributed by atoms with Crippen LogP contribution in [0.2, 0.25) is 0 Å². The van der Waals surface area contributed by atoms with E-state index in [0.29, 0.717) is 24.6 Å². The first kappa shape index (κ1) is 21.4. The number of nitrogens with zero attached hydrogens (tertiary/aromatic N) is 2. The number of likely N-dealkylation sites (N-methyl/N-ethyl adjacent to an activating group) is 1. The molecule has 1 aliphatic heterocycles. The van der Waals surface area contributed by atoms with Gasteiger partial charge in [0.25, 0.3) is 0 Å². The predicted octanol–water partition coefficient (Wildman–Crippen LogP) is 3.89. The summed E-state index contributed by atoms with van der Waals surface area (Å²) in [6.45, 7) is 5.94. The Morgan fingerprint density at radius 3 is 2.37 bits per heavy atom. The van der Waals surface area contributed by atoms with E-state index in [1.54, 1.807) is 0 Å². The Bertz CT molecular complexity index is 1040. The van der Waals surface area contributed by atoms with Crippen molar-refractivity contribution in [1.82, 2.24) is 0 Å². The lowest BCUT2D eigenvalue weighted by molar-refractivity contribution is -0.856. The van der Waals surface area contributed by atoms with E-state index in [0.717, 1.165) is 5.56 Å². The molecule has 0 bridgehead atoms. The van der Waals surface area contributed by atoms with Crippen LogP contribution in [0, 0.1) is 5.82 Å². The number of halogens is 1. The van der Waals surface area contributed by atoms with Crippen molar-refractivity contribution in [3.8, 4) is 5.75 Å². The Balaban J connectivity index is 2.27. The normalized spacial score (nSPS) is 15.6. The minimum atomic E-state index is -0.491. The van der Waals surface area contributed by atoms with Crippen molar-refractivity contribution in [3.05, 3.63) is 71.2 Å². The lowest BCUT2D eigenvalue weighted by Crippen LogP contribution is -2.53. The summed E-state index contributed by atoms with van der Waals surface area (Å²) < 4.78 is 19.0. The molecule has 7 heteroatoms. The highest BCUT2D eigenvalue weighted by Crippen LogP contribution is 2.32. The Morgan fingerprint density at radius 1 is 1.13 bits per heavy atom. The van der Waals surface area contributed by atoms with E-state index in [1.807, 2.05) is 44.2 Å². The fraction of sp³-hybridized carbons (Fsp3) is 0.261. The molecule has 3 rings (SSSR count). The zero-order chi connectivity index (χ0) is 21.9. The number of carbonyl (C=O) groups excluding carboxylic acids is 2. The third-order valence-corrected chi connectivity index (χ3v) is 5.24. The molecule has 0 atom stereocenters. The van der Waals surface area contributed by atoms with Gasteiger partial charge in [-0.3, -0.25) is 4.79 Å². The molecule has 0 saturated heterocycles. The first-order valence-electron chi connectivity index (χ1n) is 9.80. The van der Waals surface area contributed by atoms with E-state index in [-0.39, 0.29) is 33.2 Å². The molecule has 0 aliphatic carbocycles. The van der Waals surface area contributed by atoms with Gasteiger partial charge in [-0.1, -0.05) is 35.4 Å². The number of ether oxygens (including phenoxy) is 1. The third kappa shape index (κ3) is 3.76. The van der Waals surface area contributed by atoms with Crippen molar-refractivity contribution in [2.24, 2.45) is 5.10 Å². The summed E-state index contributed by atoms with van der Waals surface area (Å²) in [4.78, 5) is 26.2. The van der Waals surface area contributed by atoms with Gasteiger partial charge in [-0.15, -0.1) is 4.59 Å². The highest BCUT2D eigenvalue weighted by Gasteiger charge is 2.45. The first-order valence-corrected chi connectivity index (χ1v) is 9.80. The highest BCUT2D eigenvalue weighted by atomic mass is 19.1. The number of amides is 1. The van der Waals surface area contributed by atoms with E-state index < -0.39 is 5.82 Å². The molecule has 6 nitrogen and oxygen atoms in total. The second-order valence-corrected chi connectivity index (χ2v) is 6.95. The van der Waals surface area contributed by atoms with Gasteiger partial charge in [-0.25, -0.2) is 9.18 Å². The van der Waals surface area contributed by atoms with Crippen LogP contribution in [0.4, 0.5) is 10.1 Å². The second-order valence-electron chi connectivity index (χ2n) is 6.95. The molecule has 1 aliphatic rings. The van der Waals surface area contributed by atoms with Crippen molar-refractivity contribution >= 4 is 23.1 Å². The Morgan fingerprint density at radius 2 is 1.80 bits per heavy atom. The van der Waals surface area contributed by atoms with Gasteiger partial charge >= 0.3 is 5.91 Å². The largest absolute Gasteiger partial charge is 0.495 e. The number of allylic oxidation sites excluding steroid dienone is 1. The summed E-state index contributed by atoms with van der Waals surface area (Å²) >= 11 is 0. The minimum Gasteiger partial charge on any atom is -0.495 e. The maximum Gasteiger partial charge on any atom is 0.389 e. The molecule has 0 aromatic heterocycles. The molecule has 30 heavy (non-hydrogen) atoms. The summed E-state index contributed by atoms with van der Waals surface area (Å²) in [6, 6.07) is 13.2. The van der Waals surface area contributed by atoms with Crippen molar-refractivity contribution in [2.45, 2.75) is 20.8 Å². The number of methoxy groups -OCH3 is 1. The fourth-order valence-electron chi connectivity index (χ4n) is 3.54. The summed E-state index contributed by atoms with van der Waals surface area (Å²) in [5, 5.41) is 7.73. The molecule has 156 valence electrons. The SMILES string of the molecule is CC[N+]1(CC)N=C(c2ccccc2)C(C(C)=O)=C(Nc2cc(F)ccc2OC)C1=O. The number of rotatable bonds is 7. The van der Waals surface area contributed by atoms with E-state index >= 15 is 0 Å². The van der Waals surface area contributed by atoms with E-state index in [4.69, 9.17) is 9.84 Å². The lowest BCUT2D eigenvalue weighted by Gasteiger charge is -2.33. The zero-order valence-electron chi connectivity index (χ0n) is 17.5. The van der Waals surface area contributed by atoms with Crippen LogP contribution in [0.1, 0.15) is 26.3 Å². The maximum atomic E-state index is 13.9. The molecule has 0 spiro atoms. The number of nitrogens with one attached hydrogen (secondary N) is 1. The molecule has 0 radical (unpaired) electrons. The third-order valence-electron chi connectivity index (χ3n) is 5.24. The average Bonchev–Trinajstić information content (AvgIpc) is 2.75. The van der Waals surface area contributed by atoms with Gasteiger partial charge in [0, 0.05) is 11.6 Å². The van der Waals surface area contributed by atoms with Crippen LogP contribution in [-0.4, -0.2) is 42.2 Å². The molecule has 1 heterocycles. The number of carbonyl (C=O) groups is 2. The molecule has 2 aromatic rings. The quantitative estimate of drug-likeness (QED) is 0.704. The second kappa shape index (κ2) is 8.59. The highest BCUT2D eigenvalue weighted by molar-refractivity contribution is 6.32. The van der Waals surface area contributed by atoms with Gasteiger partial charge in [-0.05, 0) is 32.9 Å². The number of Topliss-reactive ketones (excluding diaryl/α,β-unsaturated/α-hetero) is 1. The van der Waals surface area contributed by atoms with Gasteiger partial charge in [0.2, 0.25) is 0 Å². The number of ketones is 1. The van der Waals surface area contributed by atoms with E-state index in [1.165, 1.54) is 32.2 Å². The van der Waals surface area contributed by atoms with Gasteiger partial charge in [0.15, 0.2) is 11.5 Å². The summed E-state index contributed by atoms with van der Waals surface area (Å²) in [7, 11) is 1.46. The molecule has 1 amide bonds. The van der Waals surface area contributed by atoms with Crippen LogP contribution in [0.15, 0.2) is 64.9 Å². The van der Waals surface area contributed by atoms with Crippen molar-refractivity contribution in [2.75, 3.05) is 25.5 Å². The van der Waals surface area contributed by atoms with Crippen molar-refractivity contribution in [1.29, 1.82) is 0 Å². The molecule has 0 unspecified atom stereocenters. The summed E-state index contributed by atoms with van der Waals surface area (Å²) in [5.41, 5.74) is 1.69. The van der Waals surface area contributed by atoms with Crippen LogP contribution in [-0.2, 0) is 9.59 Å². The first-order chi connectivity index (χ1) is 14.4. The van der Waals surface area contributed by atoms with Gasteiger partial charge < -0.3 is 10.1 Å². The van der Waals surface area contributed by atoms with Crippen molar-refractivity contribution < 1.29 is 23.3 Å². The molecular formula is C23H25FN3O3+. The molecule has 0 fully saturated rings. The standard InChI is InChI=1S/C23H24FN3O3/c1-5-27(6-2)23(29)22(25-18-14-17(24)12-13-19(18)30-4)20(15(3)28)21(26-27)16-10-8-7-9-11-16/h7-14H,5-6H2,1-4H3/p+1. The smallest absolute Gasteiger partial charge is 0.389 e. The topological polar surface area (TPSA) is 67.8 Å². The summed E-state index contributed by atoms with van der Waals surface area (Å²) in [6.07, 6.45) is 0. The number of quaternary nitrogens is 1. The van der Waals surface area contributed by atoms with E-state index in [2.05, 4.69) is 5.32 Å². The molecule has 0 saturated carbocycles. The molecular weight excluding hydrogens is 385 g/mol. The van der Waals surface area contributed by atoms with E-state index in [9.17, 15) is 14.0 Å². The van der Waals surface area contributed by atoms with Crippen LogP contribution >= 0.6 is 0 Å². The van der Waals surface area contributed by atoms with Crippen molar-refractivity contribution in [3.63, 3.8) is 0 Å². The fourth-order valence-corrected chi connectivity index (χ4v) is 3.54. The van der Waals surface area contributed by atoms with Gasteiger partial charge in [-0.2, -0.15) is 0 Å². The monoisotopic (exact) mass is 410 g/mol. The number of anilines is 1. The Hall–Kier alpha value is -3.32. The Labute approximate surface area is 175 Å². The molecule has 2 aromatic carbocycles. The van der Waals surface area contributed by atoms with Crippen LogP contribution < -0.4 is 10.1 Å². The number of benzene rings is 2. The average molecular weight is 410 g/mol. The number of hydrogen-bond acceptors (Lipinski definition) is 5. The zero-order valence-corrected chi connectivity index (χ0v) is 17.5. The van der Waals surface area contributed by atoms with Gasteiger partial charge in [0.1, 0.15) is 30.4 Å². The van der Waals surface area contributed by atoms with Gasteiger partial charge in [0.05, 0.1) is 18.4 Å². The predicted molar refractivity (Wildman–Crippen MR) is 114 cm³/mol. The minimum absolute atomic E-state index is 0.0870. The van der Waals surface area contributed by atoms with Crippen LogP contribution in [0.3, 0.4) is 0 Å². The van der Waals surface area contributed by atoms with Crippen LogP contribution in [0.5, 0.6) is 5.75 Å².